The van der Waals surface area contributed by atoms with E-state index in [1.165, 1.54) is 58.3 Å². The van der Waals surface area contributed by atoms with Gasteiger partial charge in [0.05, 0.1) is 46.5 Å². The Morgan fingerprint density at radius 2 is 1.39 bits per heavy atom. The number of benzene rings is 4. The smallest absolute Gasteiger partial charge is 0.412 e. The van der Waals surface area contributed by atoms with Crippen molar-refractivity contribution in [1.29, 1.82) is 0 Å². The van der Waals surface area contributed by atoms with Gasteiger partial charge in [-0.3, -0.25) is 14.7 Å². The van der Waals surface area contributed by atoms with E-state index in [2.05, 4.69) is 5.32 Å². The lowest BCUT2D eigenvalue weighted by molar-refractivity contribution is 0.0589. The Labute approximate surface area is 310 Å². The van der Waals surface area contributed by atoms with E-state index in [1.807, 2.05) is 0 Å². The zero-order chi connectivity index (χ0) is 39.3. The number of rotatable bonds is 12. The van der Waals surface area contributed by atoms with Crippen LogP contribution in [0.2, 0.25) is 0 Å². The Morgan fingerprint density at radius 1 is 0.759 bits per heavy atom. The molecule has 0 aliphatic carbocycles. The zero-order valence-electron chi connectivity index (χ0n) is 31.0. The maximum atomic E-state index is 14.7. The number of anilines is 1. The number of carbonyl (C=O) groups excluding carboxylic acids is 2. The number of aromatic nitrogens is 1. The summed E-state index contributed by atoms with van der Waals surface area (Å²) in [5, 5.41) is 12.5. The van der Waals surface area contributed by atoms with Gasteiger partial charge >= 0.3 is 18.0 Å². The third-order valence-corrected chi connectivity index (χ3v) is 8.14. The lowest BCUT2D eigenvalue weighted by atomic mass is 9.95. The van der Waals surface area contributed by atoms with Gasteiger partial charge in [-0.05, 0) is 92.6 Å². The summed E-state index contributed by atoms with van der Waals surface area (Å²) in [7, 11) is 6.99. The van der Waals surface area contributed by atoms with Crippen molar-refractivity contribution in [2.24, 2.45) is 0 Å². The number of fused-ring (bicyclic) bond motifs is 1. The van der Waals surface area contributed by atoms with Crippen molar-refractivity contribution in [2.75, 3.05) is 40.9 Å². The number of methoxy groups -OCH3 is 5. The SMILES string of the molecule is COC(=O)c1c(-c2cc(OC)c(OC)c(OC)c2)c2cc(OC)c(OCc3cccc(C(=O)O)c3)cc2c(=O)n1-c1ccc(NC(=O)OC(C)(C)C)cc1. The maximum Gasteiger partial charge on any atom is 0.412 e. The number of carboxylic acids is 1. The van der Waals surface area contributed by atoms with E-state index in [1.54, 1.807) is 75.4 Å². The minimum Gasteiger partial charge on any atom is -0.493 e. The molecule has 0 unspecified atom stereocenters. The molecule has 0 atom stereocenters. The van der Waals surface area contributed by atoms with Gasteiger partial charge in [-0.25, -0.2) is 14.4 Å². The average Bonchev–Trinajstić information content (AvgIpc) is 3.15. The molecule has 0 saturated heterocycles. The van der Waals surface area contributed by atoms with E-state index in [4.69, 9.17) is 33.2 Å². The first-order valence-electron chi connectivity index (χ1n) is 16.5. The summed E-state index contributed by atoms with van der Waals surface area (Å²) in [5.74, 6) is -0.678. The van der Waals surface area contributed by atoms with Crippen LogP contribution in [0.25, 0.3) is 27.6 Å². The Kier molecular flexibility index (Phi) is 11.3. The Hall–Kier alpha value is -6.70. The lowest BCUT2D eigenvalue weighted by Gasteiger charge is -2.22. The molecule has 1 amide bonds. The molecule has 5 aromatic rings. The van der Waals surface area contributed by atoms with Crippen molar-refractivity contribution in [2.45, 2.75) is 33.0 Å². The number of ether oxygens (including phenoxy) is 7. The number of esters is 1. The number of pyridine rings is 1. The van der Waals surface area contributed by atoms with Gasteiger partial charge in [-0.2, -0.15) is 0 Å². The molecule has 282 valence electrons. The van der Waals surface area contributed by atoms with Crippen LogP contribution in [0.15, 0.2) is 77.6 Å². The molecular formula is C40H40N2O12. The molecule has 14 nitrogen and oxygen atoms in total. The minimum atomic E-state index is -1.09. The Balaban J connectivity index is 1.80. The predicted molar refractivity (Wildman–Crippen MR) is 200 cm³/mol. The van der Waals surface area contributed by atoms with E-state index in [0.717, 1.165) is 0 Å². The largest absolute Gasteiger partial charge is 0.493 e. The van der Waals surface area contributed by atoms with Crippen LogP contribution in [0, 0.1) is 0 Å². The summed E-state index contributed by atoms with van der Waals surface area (Å²) in [6, 6.07) is 18.8. The van der Waals surface area contributed by atoms with Crippen molar-refractivity contribution in [3.8, 4) is 45.6 Å². The minimum absolute atomic E-state index is 0.0523. The number of amides is 1. The number of nitrogens with zero attached hydrogens (tertiary/aromatic N) is 1. The summed E-state index contributed by atoms with van der Waals surface area (Å²) in [6.45, 7) is 5.17. The van der Waals surface area contributed by atoms with Gasteiger partial charge in [0.2, 0.25) is 5.75 Å². The van der Waals surface area contributed by atoms with Gasteiger partial charge in [0.15, 0.2) is 23.0 Å². The quantitative estimate of drug-likeness (QED) is 0.125. The highest BCUT2D eigenvalue weighted by atomic mass is 16.6. The first-order chi connectivity index (χ1) is 25.7. The van der Waals surface area contributed by atoms with Crippen molar-refractivity contribution in [3.63, 3.8) is 0 Å². The molecule has 14 heteroatoms. The monoisotopic (exact) mass is 740 g/mol. The second-order valence-corrected chi connectivity index (χ2v) is 12.8. The van der Waals surface area contributed by atoms with Gasteiger partial charge in [-0.1, -0.05) is 12.1 Å². The summed E-state index contributed by atoms with van der Waals surface area (Å²) < 4.78 is 40.5. The molecule has 4 aromatic carbocycles. The van der Waals surface area contributed by atoms with Crippen molar-refractivity contribution in [1.82, 2.24) is 4.57 Å². The van der Waals surface area contributed by atoms with Gasteiger partial charge in [0, 0.05) is 22.3 Å². The van der Waals surface area contributed by atoms with Crippen LogP contribution in [0.5, 0.6) is 28.7 Å². The van der Waals surface area contributed by atoms with Crippen molar-refractivity contribution >= 4 is 34.5 Å². The molecule has 54 heavy (non-hydrogen) atoms. The number of hydrogen-bond donors (Lipinski definition) is 2. The molecule has 5 rings (SSSR count). The highest BCUT2D eigenvalue weighted by molar-refractivity contribution is 6.08. The Bertz CT molecular complexity index is 2260. The number of nitrogens with one attached hydrogen (secondary N) is 1. The molecule has 0 saturated carbocycles. The molecule has 0 spiro atoms. The van der Waals surface area contributed by atoms with Crippen molar-refractivity contribution in [3.05, 3.63) is 100.0 Å². The van der Waals surface area contributed by atoms with Crippen LogP contribution < -0.4 is 34.6 Å². The van der Waals surface area contributed by atoms with Crippen LogP contribution in [0.3, 0.4) is 0 Å². The number of aromatic carboxylic acids is 1. The molecule has 0 radical (unpaired) electrons. The third kappa shape index (κ3) is 8.02. The van der Waals surface area contributed by atoms with E-state index in [-0.39, 0.29) is 57.5 Å². The summed E-state index contributed by atoms with van der Waals surface area (Å²) in [4.78, 5) is 52.6. The summed E-state index contributed by atoms with van der Waals surface area (Å²) >= 11 is 0. The van der Waals surface area contributed by atoms with E-state index < -0.39 is 29.2 Å². The van der Waals surface area contributed by atoms with Gasteiger partial charge in [-0.15, -0.1) is 0 Å². The predicted octanol–water partition coefficient (Wildman–Crippen LogP) is 7.10. The van der Waals surface area contributed by atoms with E-state index >= 15 is 0 Å². The number of carboxylic acid groups (broad SMARTS) is 1. The van der Waals surface area contributed by atoms with Crippen LogP contribution in [-0.4, -0.2) is 68.9 Å². The molecule has 1 aromatic heterocycles. The topological polar surface area (TPSA) is 170 Å². The second kappa shape index (κ2) is 15.9. The highest BCUT2D eigenvalue weighted by Crippen LogP contribution is 2.45. The lowest BCUT2D eigenvalue weighted by Crippen LogP contribution is -2.27. The molecule has 0 fully saturated rings. The molecule has 1 heterocycles. The average molecular weight is 741 g/mol. The molecular weight excluding hydrogens is 700 g/mol. The first-order valence-corrected chi connectivity index (χ1v) is 16.5. The number of hydrogen-bond acceptors (Lipinski definition) is 11. The van der Waals surface area contributed by atoms with E-state index in [9.17, 15) is 24.3 Å². The number of carbonyl (C=O) groups is 3. The van der Waals surface area contributed by atoms with Gasteiger partial charge < -0.3 is 38.3 Å². The van der Waals surface area contributed by atoms with E-state index in [0.29, 0.717) is 28.0 Å². The van der Waals surface area contributed by atoms with Crippen LogP contribution in [0.4, 0.5) is 10.5 Å². The Morgan fingerprint density at radius 3 is 1.94 bits per heavy atom. The van der Waals surface area contributed by atoms with Crippen LogP contribution >= 0.6 is 0 Å². The molecule has 0 aliphatic heterocycles. The fraction of sp³-hybridized carbons (Fsp3) is 0.250. The van der Waals surface area contributed by atoms with Gasteiger partial charge in [0.25, 0.3) is 5.56 Å². The van der Waals surface area contributed by atoms with Crippen LogP contribution in [-0.2, 0) is 16.1 Å². The van der Waals surface area contributed by atoms with Crippen molar-refractivity contribution < 1.29 is 52.6 Å². The normalized spacial score (nSPS) is 11.0. The molecule has 2 N–H and O–H groups in total. The standard InChI is InChI=1S/C40H40N2O12/c1-40(2,3)54-39(47)41-25-12-14-26(15-13-25)42-34(38(46)52-8)33(24-17-31(49-5)35(51-7)32(18-24)50-6)27-19-29(48-4)30(20-28(27)36(42)43)53-21-22-10-9-11-23(16-22)37(44)45/h9-20H,21H2,1-8H3,(H,41,47)(H,44,45). The maximum absolute atomic E-state index is 14.7. The fourth-order valence-electron chi connectivity index (χ4n) is 5.80. The highest BCUT2D eigenvalue weighted by Gasteiger charge is 2.28. The molecule has 0 bridgehead atoms. The third-order valence-electron chi connectivity index (χ3n) is 8.14. The van der Waals surface area contributed by atoms with Crippen LogP contribution in [0.1, 0.15) is 47.2 Å². The van der Waals surface area contributed by atoms with Gasteiger partial charge in [0.1, 0.15) is 17.9 Å². The fourth-order valence-corrected chi connectivity index (χ4v) is 5.80. The first kappa shape index (κ1) is 38.5. The second-order valence-electron chi connectivity index (χ2n) is 12.8. The summed E-state index contributed by atoms with van der Waals surface area (Å²) in [5.41, 5.74) is 0.449. The molecule has 0 aliphatic rings. The summed E-state index contributed by atoms with van der Waals surface area (Å²) in [6.07, 6.45) is -0.672. The zero-order valence-corrected chi connectivity index (χ0v) is 31.0.